The zero-order valence-electron chi connectivity index (χ0n) is 10.9. The van der Waals surface area contributed by atoms with Gasteiger partial charge in [0.05, 0.1) is 0 Å². The molecule has 4 nitrogen and oxygen atoms in total. The third-order valence-corrected chi connectivity index (χ3v) is 2.36. The summed E-state index contributed by atoms with van der Waals surface area (Å²) in [7, 11) is 1.84. The van der Waals surface area contributed by atoms with Crippen molar-refractivity contribution in [3.05, 3.63) is 11.8 Å². The molecule has 0 radical (unpaired) electrons. The number of nitrogens with one attached hydrogen (secondary N) is 1. The molecule has 0 atom stereocenters. The Hall–Kier alpha value is -1.32. The van der Waals surface area contributed by atoms with Gasteiger partial charge in [-0.1, -0.05) is 13.8 Å². The van der Waals surface area contributed by atoms with Crippen molar-refractivity contribution in [3.63, 3.8) is 0 Å². The molecule has 1 N–H and O–H groups in total. The first-order valence-electron chi connectivity index (χ1n) is 5.85. The summed E-state index contributed by atoms with van der Waals surface area (Å²) in [6.07, 6.45) is 0. The Labute approximate surface area is 98.1 Å². The minimum atomic E-state index is 0.633. The molecule has 0 amide bonds. The number of rotatable bonds is 5. The van der Waals surface area contributed by atoms with E-state index in [4.69, 9.17) is 0 Å². The molecule has 1 rings (SSSR count). The highest BCUT2D eigenvalue weighted by atomic mass is 15.2. The van der Waals surface area contributed by atoms with E-state index >= 15 is 0 Å². The van der Waals surface area contributed by atoms with E-state index in [-0.39, 0.29) is 0 Å². The van der Waals surface area contributed by atoms with Gasteiger partial charge in [-0.2, -0.15) is 4.98 Å². The fourth-order valence-electron chi connectivity index (χ4n) is 1.65. The smallest absolute Gasteiger partial charge is 0.224 e. The minimum Gasteiger partial charge on any atom is -0.357 e. The molecule has 0 aliphatic rings. The van der Waals surface area contributed by atoms with Crippen LogP contribution in [-0.4, -0.2) is 30.1 Å². The highest BCUT2D eigenvalue weighted by Gasteiger charge is 2.09. The normalized spacial score (nSPS) is 10.6. The van der Waals surface area contributed by atoms with Crippen LogP contribution in [0.2, 0.25) is 0 Å². The van der Waals surface area contributed by atoms with E-state index in [0.717, 1.165) is 24.6 Å². The Morgan fingerprint density at radius 3 is 2.56 bits per heavy atom. The average Bonchev–Trinajstić information content (AvgIpc) is 2.24. The van der Waals surface area contributed by atoms with Crippen molar-refractivity contribution in [2.45, 2.75) is 27.7 Å². The van der Waals surface area contributed by atoms with Gasteiger partial charge in [-0.15, -0.1) is 0 Å². The molecule has 0 saturated carbocycles. The predicted octanol–water partition coefficient (Wildman–Crippen LogP) is 2.31. The molecule has 0 unspecified atom stereocenters. The lowest BCUT2D eigenvalue weighted by Crippen LogP contribution is -2.28. The van der Waals surface area contributed by atoms with Gasteiger partial charge in [0.15, 0.2) is 0 Å². The lowest BCUT2D eigenvalue weighted by Gasteiger charge is -2.24. The molecular formula is C12H22N4. The molecule has 16 heavy (non-hydrogen) atoms. The Kier molecular flexibility index (Phi) is 4.52. The quantitative estimate of drug-likeness (QED) is 0.830. The predicted molar refractivity (Wildman–Crippen MR) is 69.0 cm³/mol. The summed E-state index contributed by atoms with van der Waals surface area (Å²) in [4.78, 5) is 11.1. The fraction of sp³-hybridized carbons (Fsp3) is 0.667. The Morgan fingerprint density at radius 2 is 2.06 bits per heavy atom. The molecule has 0 aromatic carbocycles. The Bertz CT molecular complexity index is 336. The second kappa shape index (κ2) is 5.68. The molecular weight excluding hydrogens is 200 g/mol. The number of anilines is 2. The monoisotopic (exact) mass is 222 g/mol. The zero-order valence-corrected chi connectivity index (χ0v) is 10.9. The largest absolute Gasteiger partial charge is 0.357 e. The number of hydrogen-bond acceptors (Lipinski definition) is 4. The van der Waals surface area contributed by atoms with Crippen molar-refractivity contribution in [2.75, 3.05) is 30.4 Å². The van der Waals surface area contributed by atoms with Crippen LogP contribution in [0, 0.1) is 12.8 Å². The lowest BCUT2D eigenvalue weighted by atomic mass is 10.2. The third kappa shape index (κ3) is 3.36. The van der Waals surface area contributed by atoms with Gasteiger partial charge in [-0.25, -0.2) is 4.98 Å². The second-order valence-electron chi connectivity index (χ2n) is 4.37. The average molecular weight is 222 g/mol. The van der Waals surface area contributed by atoms with Crippen molar-refractivity contribution in [3.8, 4) is 0 Å². The van der Waals surface area contributed by atoms with Crippen LogP contribution in [-0.2, 0) is 0 Å². The van der Waals surface area contributed by atoms with Crippen molar-refractivity contribution in [2.24, 2.45) is 5.92 Å². The van der Waals surface area contributed by atoms with Crippen molar-refractivity contribution >= 4 is 11.8 Å². The summed E-state index contributed by atoms with van der Waals surface area (Å²) >= 11 is 0. The van der Waals surface area contributed by atoms with Gasteiger partial charge in [0.1, 0.15) is 5.82 Å². The molecule has 0 fully saturated rings. The highest BCUT2D eigenvalue weighted by molar-refractivity contribution is 5.44. The van der Waals surface area contributed by atoms with Crippen LogP contribution in [0.15, 0.2) is 6.07 Å². The van der Waals surface area contributed by atoms with Crippen LogP contribution in [0.25, 0.3) is 0 Å². The van der Waals surface area contributed by atoms with Crippen molar-refractivity contribution in [1.29, 1.82) is 0 Å². The number of hydrogen-bond donors (Lipinski definition) is 1. The summed E-state index contributed by atoms with van der Waals surface area (Å²) in [5.41, 5.74) is 0.997. The molecule has 0 aliphatic heterocycles. The molecule has 1 heterocycles. The summed E-state index contributed by atoms with van der Waals surface area (Å²) < 4.78 is 0. The lowest BCUT2D eigenvalue weighted by molar-refractivity contribution is 0.614. The van der Waals surface area contributed by atoms with Crippen LogP contribution >= 0.6 is 0 Å². The first-order chi connectivity index (χ1) is 7.56. The van der Waals surface area contributed by atoms with E-state index < -0.39 is 0 Å². The van der Waals surface area contributed by atoms with Gasteiger partial charge in [-0.05, 0) is 19.8 Å². The van der Waals surface area contributed by atoms with Crippen LogP contribution in [0.4, 0.5) is 11.8 Å². The first kappa shape index (κ1) is 12.7. The van der Waals surface area contributed by atoms with Gasteiger partial charge in [0.2, 0.25) is 5.95 Å². The highest BCUT2D eigenvalue weighted by Crippen LogP contribution is 2.15. The van der Waals surface area contributed by atoms with Crippen LogP contribution in [0.1, 0.15) is 26.5 Å². The van der Waals surface area contributed by atoms with E-state index in [1.165, 1.54) is 0 Å². The van der Waals surface area contributed by atoms with Gasteiger partial charge in [0, 0.05) is 31.9 Å². The minimum absolute atomic E-state index is 0.633. The standard InChI is InChI=1S/C12H22N4/c1-6-16(8-9(2)3)11-7-10(4)14-12(13-5)15-11/h7,9H,6,8H2,1-5H3,(H,13,14,15). The van der Waals surface area contributed by atoms with Crippen LogP contribution < -0.4 is 10.2 Å². The number of nitrogens with zero attached hydrogens (tertiary/aromatic N) is 3. The summed E-state index contributed by atoms with van der Waals surface area (Å²) in [6, 6.07) is 2.03. The molecule has 90 valence electrons. The maximum atomic E-state index is 4.48. The molecule has 4 heteroatoms. The number of aryl methyl sites for hydroxylation is 1. The van der Waals surface area contributed by atoms with E-state index in [1.807, 2.05) is 20.0 Å². The maximum Gasteiger partial charge on any atom is 0.224 e. The van der Waals surface area contributed by atoms with Gasteiger partial charge in [0.25, 0.3) is 0 Å². The topological polar surface area (TPSA) is 41.1 Å². The van der Waals surface area contributed by atoms with E-state index in [1.54, 1.807) is 0 Å². The Balaban J connectivity index is 2.95. The summed E-state index contributed by atoms with van der Waals surface area (Å²) in [6.45, 7) is 10.6. The van der Waals surface area contributed by atoms with E-state index in [2.05, 4.69) is 41.0 Å². The van der Waals surface area contributed by atoms with E-state index in [0.29, 0.717) is 11.9 Å². The number of aromatic nitrogens is 2. The molecule has 0 aliphatic carbocycles. The summed E-state index contributed by atoms with van der Waals surface area (Å²) in [5.74, 6) is 2.33. The third-order valence-electron chi connectivity index (χ3n) is 2.36. The molecule has 1 aromatic heterocycles. The van der Waals surface area contributed by atoms with Gasteiger partial charge < -0.3 is 10.2 Å². The zero-order chi connectivity index (χ0) is 12.1. The van der Waals surface area contributed by atoms with Crippen molar-refractivity contribution < 1.29 is 0 Å². The fourth-order valence-corrected chi connectivity index (χ4v) is 1.65. The second-order valence-corrected chi connectivity index (χ2v) is 4.37. The maximum absolute atomic E-state index is 4.48. The first-order valence-corrected chi connectivity index (χ1v) is 5.85. The summed E-state index contributed by atoms with van der Waals surface area (Å²) in [5, 5.41) is 2.99. The van der Waals surface area contributed by atoms with E-state index in [9.17, 15) is 0 Å². The molecule has 0 bridgehead atoms. The molecule has 0 spiro atoms. The van der Waals surface area contributed by atoms with Crippen molar-refractivity contribution in [1.82, 2.24) is 9.97 Å². The van der Waals surface area contributed by atoms with Gasteiger partial charge in [-0.3, -0.25) is 0 Å². The Morgan fingerprint density at radius 1 is 1.38 bits per heavy atom. The SMILES string of the molecule is CCN(CC(C)C)c1cc(C)nc(NC)n1. The molecule has 1 aromatic rings. The van der Waals surface area contributed by atoms with Crippen LogP contribution in [0.3, 0.4) is 0 Å². The van der Waals surface area contributed by atoms with Crippen LogP contribution in [0.5, 0.6) is 0 Å². The van der Waals surface area contributed by atoms with Gasteiger partial charge >= 0.3 is 0 Å². The molecule has 0 saturated heterocycles.